The summed E-state index contributed by atoms with van der Waals surface area (Å²) >= 11 is 0. The number of nitrogens with zero attached hydrogens (tertiary/aromatic N) is 2. The van der Waals surface area contributed by atoms with Crippen LogP contribution in [0.25, 0.3) is 22.4 Å². The van der Waals surface area contributed by atoms with Gasteiger partial charge in [0.1, 0.15) is 11.4 Å². The minimum absolute atomic E-state index is 0.0113. The molecule has 1 amide bonds. The average molecular weight is 358 g/mol. The Labute approximate surface area is 153 Å². The molecule has 2 N–H and O–H groups in total. The Kier molecular flexibility index (Phi) is 4.10. The fourth-order valence-electron chi connectivity index (χ4n) is 2.84. The number of nitrogens with one attached hydrogen (secondary N) is 2. The summed E-state index contributed by atoms with van der Waals surface area (Å²) in [6.07, 6.45) is 0. The zero-order valence-corrected chi connectivity index (χ0v) is 14.0. The van der Waals surface area contributed by atoms with Gasteiger partial charge in [-0.25, -0.2) is 4.98 Å². The molecular formula is C20H14N4O3. The third-order valence-electron chi connectivity index (χ3n) is 4.13. The van der Waals surface area contributed by atoms with E-state index in [1.807, 2.05) is 30.3 Å². The number of aromatic amines is 1. The monoisotopic (exact) mass is 358 g/mol. The first-order valence-corrected chi connectivity index (χ1v) is 8.22. The number of hydrogen-bond acceptors (Lipinski definition) is 4. The molecule has 132 valence electrons. The molecule has 0 radical (unpaired) electrons. The maximum absolute atomic E-state index is 12.5. The van der Waals surface area contributed by atoms with E-state index in [0.29, 0.717) is 5.69 Å². The summed E-state index contributed by atoms with van der Waals surface area (Å²) in [5.74, 6) is 0.192. The van der Waals surface area contributed by atoms with Crippen molar-refractivity contribution in [3.63, 3.8) is 0 Å². The smallest absolute Gasteiger partial charge is 0.282 e. The van der Waals surface area contributed by atoms with Gasteiger partial charge in [-0.3, -0.25) is 14.9 Å². The van der Waals surface area contributed by atoms with Crippen LogP contribution >= 0.6 is 0 Å². The number of nitro benzene ring substituents is 1. The number of amides is 1. The number of aromatic nitrogens is 2. The maximum Gasteiger partial charge on any atom is 0.282 e. The zero-order chi connectivity index (χ0) is 18.8. The van der Waals surface area contributed by atoms with E-state index in [1.54, 1.807) is 24.3 Å². The van der Waals surface area contributed by atoms with Crippen LogP contribution in [-0.2, 0) is 0 Å². The molecule has 0 unspecified atom stereocenters. The van der Waals surface area contributed by atoms with E-state index < -0.39 is 10.8 Å². The molecule has 0 aliphatic rings. The van der Waals surface area contributed by atoms with Gasteiger partial charge in [-0.1, -0.05) is 42.5 Å². The van der Waals surface area contributed by atoms with Crippen LogP contribution in [0.1, 0.15) is 10.4 Å². The number of rotatable bonds is 4. The van der Waals surface area contributed by atoms with E-state index in [-0.39, 0.29) is 11.3 Å². The van der Waals surface area contributed by atoms with Gasteiger partial charge in [0.25, 0.3) is 11.6 Å². The fraction of sp³-hybridized carbons (Fsp3) is 0. The summed E-state index contributed by atoms with van der Waals surface area (Å²) < 4.78 is 0. The Morgan fingerprint density at radius 1 is 1.00 bits per heavy atom. The van der Waals surface area contributed by atoms with Crippen LogP contribution in [0.3, 0.4) is 0 Å². The van der Waals surface area contributed by atoms with Gasteiger partial charge in [0.15, 0.2) is 0 Å². The van der Waals surface area contributed by atoms with Crippen LogP contribution in [0.4, 0.5) is 11.4 Å². The highest BCUT2D eigenvalue weighted by Crippen LogP contribution is 2.24. The lowest BCUT2D eigenvalue weighted by molar-refractivity contribution is -0.385. The van der Waals surface area contributed by atoms with Gasteiger partial charge in [0.05, 0.1) is 16.0 Å². The summed E-state index contributed by atoms with van der Waals surface area (Å²) in [6.45, 7) is 0. The van der Waals surface area contributed by atoms with Crippen molar-refractivity contribution in [1.82, 2.24) is 9.97 Å². The van der Waals surface area contributed by atoms with E-state index in [2.05, 4.69) is 15.3 Å². The fourth-order valence-corrected chi connectivity index (χ4v) is 2.84. The molecule has 4 rings (SSSR count). The molecule has 4 aromatic rings. The topological polar surface area (TPSA) is 101 Å². The van der Waals surface area contributed by atoms with Crippen molar-refractivity contribution in [1.29, 1.82) is 0 Å². The van der Waals surface area contributed by atoms with Gasteiger partial charge in [-0.05, 0) is 24.3 Å². The SMILES string of the molecule is O=C(Nc1ccc2nc(-c3ccccc3)[nH]c2c1)c1ccccc1[N+](=O)[O-]. The average Bonchev–Trinajstić information content (AvgIpc) is 3.12. The summed E-state index contributed by atoms with van der Waals surface area (Å²) in [6, 6.07) is 20.8. The lowest BCUT2D eigenvalue weighted by atomic mass is 10.1. The van der Waals surface area contributed by atoms with E-state index in [9.17, 15) is 14.9 Å². The molecule has 0 fully saturated rings. The second kappa shape index (κ2) is 6.72. The van der Waals surface area contributed by atoms with Crippen LogP contribution in [0.5, 0.6) is 0 Å². The Bertz CT molecular complexity index is 1150. The highest BCUT2D eigenvalue weighted by atomic mass is 16.6. The van der Waals surface area contributed by atoms with E-state index >= 15 is 0 Å². The summed E-state index contributed by atoms with van der Waals surface area (Å²) in [5.41, 5.74) is 2.78. The van der Waals surface area contributed by atoms with Gasteiger partial charge < -0.3 is 10.3 Å². The number of para-hydroxylation sites is 1. The van der Waals surface area contributed by atoms with Crippen LogP contribution < -0.4 is 5.32 Å². The number of carbonyl (C=O) groups is 1. The maximum atomic E-state index is 12.5. The van der Waals surface area contributed by atoms with Crippen molar-refractivity contribution in [3.05, 3.63) is 88.5 Å². The quantitative estimate of drug-likeness (QED) is 0.417. The van der Waals surface area contributed by atoms with Gasteiger partial charge in [-0.15, -0.1) is 0 Å². The second-order valence-electron chi connectivity index (χ2n) is 5.91. The first-order chi connectivity index (χ1) is 13.1. The largest absolute Gasteiger partial charge is 0.338 e. The standard InChI is InChI=1S/C20H14N4O3/c25-20(15-8-4-5-9-18(15)24(26)27)21-14-10-11-16-17(12-14)23-19(22-16)13-6-2-1-3-7-13/h1-12H,(H,21,25)(H,22,23). The second-order valence-corrected chi connectivity index (χ2v) is 5.91. The molecule has 3 aromatic carbocycles. The lowest BCUT2D eigenvalue weighted by Gasteiger charge is -2.05. The van der Waals surface area contributed by atoms with Crippen LogP contribution in [0.15, 0.2) is 72.8 Å². The van der Waals surface area contributed by atoms with Crippen LogP contribution in [0, 0.1) is 10.1 Å². The minimum atomic E-state index is -0.570. The predicted octanol–water partition coefficient (Wildman–Crippen LogP) is 4.39. The number of hydrogen-bond donors (Lipinski definition) is 2. The summed E-state index contributed by atoms with van der Waals surface area (Å²) in [7, 11) is 0. The number of imidazole rings is 1. The third kappa shape index (κ3) is 3.25. The molecule has 0 aliphatic heterocycles. The van der Waals surface area contributed by atoms with E-state index in [0.717, 1.165) is 22.4 Å². The zero-order valence-electron chi connectivity index (χ0n) is 14.0. The van der Waals surface area contributed by atoms with Crippen molar-refractivity contribution in [2.75, 3.05) is 5.32 Å². The molecular weight excluding hydrogens is 344 g/mol. The number of carbonyl (C=O) groups excluding carboxylic acids is 1. The van der Waals surface area contributed by atoms with Crippen LogP contribution in [0.2, 0.25) is 0 Å². The Morgan fingerprint density at radius 2 is 1.74 bits per heavy atom. The highest BCUT2D eigenvalue weighted by Gasteiger charge is 2.19. The molecule has 7 heteroatoms. The van der Waals surface area contributed by atoms with Crippen molar-refractivity contribution in [3.8, 4) is 11.4 Å². The Hall–Kier alpha value is -4.00. The molecule has 0 spiro atoms. The molecule has 7 nitrogen and oxygen atoms in total. The molecule has 0 saturated carbocycles. The number of anilines is 1. The first-order valence-electron chi connectivity index (χ1n) is 8.22. The van der Waals surface area contributed by atoms with Crippen molar-refractivity contribution in [2.45, 2.75) is 0 Å². The van der Waals surface area contributed by atoms with Crippen LogP contribution in [-0.4, -0.2) is 20.8 Å². The van der Waals surface area contributed by atoms with Crippen molar-refractivity contribution in [2.24, 2.45) is 0 Å². The molecule has 1 aromatic heterocycles. The van der Waals surface area contributed by atoms with E-state index in [4.69, 9.17) is 0 Å². The Balaban J connectivity index is 1.63. The molecule has 27 heavy (non-hydrogen) atoms. The molecule has 0 atom stereocenters. The normalized spacial score (nSPS) is 10.7. The summed E-state index contributed by atoms with van der Waals surface area (Å²) in [5, 5.41) is 13.8. The third-order valence-corrected chi connectivity index (χ3v) is 4.13. The van der Waals surface area contributed by atoms with Gasteiger partial charge in [0.2, 0.25) is 0 Å². The minimum Gasteiger partial charge on any atom is -0.338 e. The molecule has 0 bridgehead atoms. The predicted molar refractivity (Wildman–Crippen MR) is 103 cm³/mol. The Morgan fingerprint density at radius 3 is 2.52 bits per heavy atom. The van der Waals surface area contributed by atoms with Gasteiger partial charge in [-0.2, -0.15) is 0 Å². The molecule has 1 heterocycles. The van der Waals surface area contributed by atoms with Gasteiger partial charge >= 0.3 is 0 Å². The number of H-pyrrole nitrogens is 1. The molecule has 0 aliphatic carbocycles. The number of benzene rings is 3. The number of nitro groups is 1. The summed E-state index contributed by atoms with van der Waals surface area (Å²) in [4.78, 5) is 30.8. The molecule has 0 saturated heterocycles. The highest BCUT2D eigenvalue weighted by molar-refractivity contribution is 6.07. The van der Waals surface area contributed by atoms with Crippen molar-refractivity contribution < 1.29 is 9.72 Å². The van der Waals surface area contributed by atoms with Crippen molar-refractivity contribution >= 4 is 28.3 Å². The van der Waals surface area contributed by atoms with Gasteiger partial charge in [0, 0.05) is 17.3 Å². The first kappa shape index (κ1) is 16.5. The van der Waals surface area contributed by atoms with E-state index in [1.165, 1.54) is 18.2 Å². The number of fused-ring (bicyclic) bond motifs is 1. The lowest BCUT2D eigenvalue weighted by Crippen LogP contribution is -2.13.